The highest BCUT2D eigenvalue weighted by molar-refractivity contribution is 5.87. The van der Waals surface area contributed by atoms with Gasteiger partial charge in [-0.2, -0.15) is 5.10 Å². The van der Waals surface area contributed by atoms with Gasteiger partial charge in [0, 0.05) is 11.6 Å². The predicted octanol–water partition coefficient (Wildman–Crippen LogP) is 1.50. The molecule has 7 nitrogen and oxygen atoms in total. The Labute approximate surface area is 108 Å². The van der Waals surface area contributed by atoms with Crippen molar-refractivity contribution in [2.45, 2.75) is 0 Å². The monoisotopic (exact) mass is 264 g/mol. The number of aromatic amines is 1. The first-order valence-electron chi connectivity index (χ1n) is 5.31. The predicted molar refractivity (Wildman–Crippen MR) is 65.8 cm³/mol. The first kappa shape index (κ1) is 12.7. The number of carboxylic acid groups (broad SMARTS) is 1. The molecule has 0 radical (unpaired) electrons. The average Bonchev–Trinajstić information content (AvgIpc) is 2.88. The minimum absolute atomic E-state index is 0.0379. The van der Waals surface area contributed by atoms with Gasteiger partial charge in [0.15, 0.2) is 11.5 Å². The number of carbonyl (C=O) groups is 1. The van der Waals surface area contributed by atoms with Crippen molar-refractivity contribution in [2.24, 2.45) is 0 Å². The lowest BCUT2D eigenvalue weighted by atomic mass is 10.1. The molecule has 2 rings (SSSR count). The molecule has 7 heteroatoms. The highest BCUT2D eigenvalue weighted by Gasteiger charge is 2.16. The number of hydrogen-bond donors (Lipinski definition) is 3. The molecule has 1 aromatic heterocycles. The number of phenolic OH excluding ortho intramolecular Hbond substituents is 1. The van der Waals surface area contributed by atoms with E-state index in [1.165, 1.54) is 32.4 Å². The molecule has 1 heterocycles. The van der Waals surface area contributed by atoms with Crippen molar-refractivity contribution in [3.63, 3.8) is 0 Å². The van der Waals surface area contributed by atoms with Gasteiger partial charge in [-0.1, -0.05) is 0 Å². The molecule has 1 aromatic carbocycles. The summed E-state index contributed by atoms with van der Waals surface area (Å²) in [5.74, 6) is -0.571. The third kappa shape index (κ3) is 2.30. The van der Waals surface area contributed by atoms with Gasteiger partial charge >= 0.3 is 5.97 Å². The van der Waals surface area contributed by atoms with Crippen LogP contribution in [0.1, 0.15) is 10.5 Å². The SMILES string of the molecule is COc1cc(-c2cc(C(=O)O)[nH]n2)c(OC)cc1O. The van der Waals surface area contributed by atoms with E-state index in [2.05, 4.69) is 10.2 Å². The van der Waals surface area contributed by atoms with E-state index >= 15 is 0 Å². The van der Waals surface area contributed by atoms with Crippen molar-refractivity contribution in [1.29, 1.82) is 0 Å². The van der Waals surface area contributed by atoms with Crippen molar-refractivity contribution < 1.29 is 24.5 Å². The maximum Gasteiger partial charge on any atom is 0.353 e. The number of ether oxygens (including phenoxy) is 2. The fourth-order valence-electron chi connectivity index (χ4n) is 1.65. The molecule has 0 unspecified atom stereocenters. The van der Waals surface area contributed by atoms with E-state index in [9.17, 15) is 9.90 Å². The third-order valence-corrected chi connectivity index (χ3v) is 2.59. The normalized spacial score (nSPS) is 10.2. The van der Waals surface area contributed by atoms with Gasteiger partial charge in [0.2, 0.25) is 0 Å². The second-order valence-electron chi connectivity index (χ2n) is 3.70. The Kier molecular flexibility index (Phi) is 3.28. The third-order valence-electron chi connectivity index (χ3n) is 2.59. The van der Waals surface area contributed by atoms with Gasteiger partial charge in [-0.15, -0.1) is 0 Å². The van der Waals surface area contributed by atoms with Crippen LogP contribution >= 0.6 is 0 Å². The molecule has 0 aliphatic carbocycles. The fourth-order valence-corrected chi connectivity index (χ4v) is 1.65. The maximum atomic E-state index is 10.8. The van der Waals surface area contributed by atoms with Crippen LogP contribution in [0.2, 0.25) is 0 Å². The topological polar surface area (TPSA) is 105 Å². The summed E-state index contributed by atoms with van der Waals surface area (Å²) in [4.78, 5) is 10.8. The lowest BCUT2D eigenvalue weighted by Gasteiger charge is -2.10. The highest BCUT2D eigenvalue weighted by atomic mass is 16.5. The average molecular weight is 264 g/mol. The molecule has 0 bridgehead atoms. The summed E-state index contributed by atoms with van der Waals surface area (Å²) >= 11 is 0. The zero-order chi connectivity index (χ0) is 14.0. The number of hydrogen-bond acceptors (Lipinski definition) is 5. The van der Waals surface area contributed by atoms with Crippen LogP contribution in [-0.2, 0) is 0 Å². The second kappa shape index (κ2) is 4.89. The number of aromatic nitrogens is 2. The summed E-state index contributed by atoms with van der Waals surface area (Å²) in [6, 6.07) is 4.27. The molecule has 0 spiro atoms. The summed E-state index contributed by atoms with van der Waals surface area (Å²) in [7, 11) is 2.86. The van der Waals surface area contributed by atoms with Gasteiger partial charge in [-0.25, -0.2) is 4.79 Å². The number of aromatic hydroxyl groups is 1. The van der Waals surface area contributed by atoms with Gasteiger partial charge in [-0.3, -0.25) is 5.10 Å². The van der Waals surface area contributed by atoms with Gasteiger partial charge < -0.3 is 19.7 Å². The number of benzene rings is 1. The second-order valence-corrected chi connectivity index (χ2v) is 3.70. The number of nitrogens with zero attached hydrogens (tertiary/aromatic N) is 1. The Morgan fingerprint density at radius 3 is 2.42 bits per heavy atom. The van der Waals surface area contributed by atoms with E-state index in [1.54, 1.807) is 0 Å². The molecule has 2 aromatic rings. The number of nitrogens with one attached hydrogen (secondary N) is 1. The van der Waals surface area contributed by atoms with Crippen molar-refractivity contribution in [2.75, 3.05) is 14.2 Å². The molecule has 0 fully saturated rings. The molecular formula is C12H12N2O5. The van der Waals surface area contributed by atoms with E-state index in [4.69, 9.17) is 14.6 Å². The van der Waals surface area contributed by atoms with Crippen LogP contribution in [0.3, 0.4) is 0 Å². The Morgan fingerprint density at radius 1 is 1.21 bits per heavy atom. The molecule has 0 amide bonds. The van der Waals surface area contributed by atoms with Crippen LogP contribution in [0.25, 0.3) is 11.3 Å². The molecule has 3 N–H and O–H groups in total. The lowest BCUT2D eigenvalue weighted by Crippen LogP contribution is -1.95. The number of phenols is 1. The van der Waals surface area contributed by atoms with Crippen molar-refractivity contribution in [3.05, 3.63) is 23.9 Å². The van der Waals surface area contributed by atoms with E-state index in [0.717, 1.165) is 0 Å². The van der Waals surface area contributed by atoms with E-state index in [1.807, 2.05) is 0 Å². The van der Waals surface area contributed by atoms with Crippen LogP contribution in [0, 0.1) is 0 Å². The Bertz CT molecular complexity index is 621. The molecule has 0 saturated carbocycles. The maximum absolute atomic E-state index is 10.8. The zero-order valence-corrected chi connectivity index (χ0v) is 10.3. The molecule has 19 heavy (non-hydrogen) atoms. The van der Waals surface area contributed by atoms with Crippen LogP contribution in [-0.4, -0.2) is 40.6 Å². The number of aromatic carboxylic acids is 1. The zero-order valence-electron chi connectivity index (χ0n) is 10.3. The number of methoxy groups -OCH3 is 2. The quantitative estimate of drug-likeness (QED) is 0.772. The van der Waals surface area contributed by atoms with Crippen molar-refractivity contribution in [1.82, 2.24) is 10.2 Å². The largest absolute Gasteiger partial charge is 0.504 e. The molecule has 0 aliphatic heterocycles. The minimum atomic E-state index is -1.11. The summed E-state index contributed by atoms with van der Waals surface area (Å²) < 4.78 is 10.1. The fraction of sp³-hybridized carbons (Fsp3) is 0.167. The summed E-state index contributed by atoms with van der Waals surface area (Å²) in [6.07, 6.45) is 0. The van der Waals surface area contributed by atoms with Gasteiger partial charge in [-0.05, 0) is 12.1 Å². The molecule has 0 atom stereocenters. The van der Waals surface area contributed by atoms with Gasteiger partial charge in [0.05, 0.1) is 19.9 Å². The van der Waals surface area contributed by atoms with Gasteiger partial charge in [0.1, 0.15) is 11.4 Å². The van der Waals surface area contributed by atoms with Crippen molar-refractivity contribution in [3.8, 4) is 28.5 Å². The molecular weight excluding hydrogens is 252 g/mol. The van der Waals surface area contributed by atoms with Crippen molar-refractivity contribution >= 4 is 5.97 Å². The van der Waals surface area contributed by atoms with E-state index < -0.39 is 5.97 Å². The first-order valence-corrected chi connectivity index (χ1v) is 5.31. The Hall–Kier alpha value is -2.70. The lowest BCUT2D eigenvalue weighted by molar-refractivity contribution is 0.0690. The first-order chi connectivity index (χ1) is 9.06. The summed E-state index contributed by atoms with van der Waals surface area (Å²) in [5.41, 5.74) is 0.859. The van der Waals surface area contributed by atoms with E-state index in [-0.39, 0.29) is 17.2 Å². The molecule has 0 saturated heterocycles. The Morgan fingerprint density at radius 2 is 1.89 bits per heavy atom. The minimum Gasteiger partial charge on any atom is -0.504 e. The van der Waals surface area contributed by atoms with Crippen LogP contribution in [0.5, 0.6) is 17.2 Å². The standard InChI is InChI=1S/C12H12N2O5/c1-18-10-5-9(15)11(19-2)3-6(10)7-4-8(12(16)17)14-13-7/h3-5,15H,1-2H3,(H,13,14)(H,16,17). The number of rotatable bonds is 4. The van der Waals surface area contributed by atoms with E-state index in [0.29, 0.717) is 17.0 Å². The van der Waals surface area contributed by atoms with Crippen LogP contribution < -0.4 is 9.47 Å². The molecule has 100 valence electrons. The van der Waals surface area contributed by atoms with Crippen LogP contribution in [0.15, 0.2) is 18.2 Å². The number of H-pyrrole nitrogens is 1. The van der Waals surface area contributed by atoms with Crippen LogP contribution in [0.4, 0.5) is 0 Å². The smallest absolute Gasteiger partial charge is 0.353 e. The number of carboxylic acids is 1. The summed E-state index contributed by atoms with van der Waals surface area (Å²) in [5, 5.41) is 24.8. The summed E-state index contributed by atoms with van der Waals surface area (Å²) in [6.45, 7) is 0. The Balaban J connectivity index is 2.55. The van der Waals surface area contributed by atoms with Gasteiger partial charge in [0.25, 0.3) is 0 Å². The highest BCUT2D eigenvalue weighted by Crippen LogP contribution is 2.38. The molecule has 0 aliphatic rings.